The molecule has 0 amide bonds. The van der Waals surface area contributed by atoms with Crippen molar-refractivity contribution in [2.24, 2.45) is 0 Å². The van der Waals surface area contributed by atoms with E-state index in [-0.39, 0.29) is 6.79 Å². The van der Waals surface area contributed by atoms with Crippen LogP contribution in [0.3, 0.4) is 0 Å². The molecule has 5 rings (SSSR count). The van der Waals surface area contributed by atoms with Gasteiger partial charge in [0, 0.05) is 11.5 Å². The monoisotopic (exact) mass is 286 g/mol. The van der Waals surface area contributed by atoms with Crippen LogP contribution in [0.25, 0.3) is 16.3 Å². The van der Waals surface area contributed by atoms with Gasteiger partial charge in [0.05, 0.1) is 0 Å². The first kappa shape index (κ1) is 10.6. The van der Waals surface area contributed by atoms with Gasteiger partial charge in [0.1, 0.15) is 5.01 Å². The summed E-state index contributed by atoms with van der Waals surface area (Å²) in [6, 6.07) is 5.78. The second-order valence-electron chi connectivity index (χ2n) is 5.00. The maximum Gasteiger partial charge on any atom is 0.234 e. The molecule has 1 saturated carbocycles. The predicted molar refractivity (Wildman–Crippen MR) is 72.2 cm³/mol. The molecule has 0 bridgehead atoms. The first-order chi connectivity index (χ1) is 9.88. The second-order valence-corrected chi connectivity index (χ2v) is 5.99. The van der Waals surface area contributed by atoms with Gasteiger partial charge in [-0.2, -0.15) is 9.61 Å². The average molecular weight is 286 g/mol. The first-order valence-corrected chi connectivity index (χ1v) is 7.32. The molecular weight excluding hydrogens is 276 g/mol. The van der Waals surface area contributed by atoms with Crippen LogP contribution in [0.4, 0.5) is 0 Å². The molecule has 0 saturated heterocycles. The predicted octanol–water partition coefficient (Wildman–Crippen LogP) is 2.46. The molecular formula is C13H10N4O2S. The number of hydrogen-bond donors (Lipinski definition) is 0. The molecule has 7 heteroatoms. The Balaban J connectivity index is 1.65. The second kappa shape index (κ2) is 3.69. The number of hydrogen-bond acceptors (Lipinski definition) is 6. The molecule has 0 unspecified atom stereocenters. The molecule has 100 valence electrons. The fourth-order valence-corrected chi connectivity index (χ4v) is 3.35. The summed E-state index contributed by atoms with van der Waals surface area (Å²) >= 11 is 1.63. The highest BCUT2D eigenvalue weighted by Crippen LogP contribution is 2.42. The third kappa shape index (κ3) is 1.46. The van der Waals surface area contributed by atoms with Crippen molar-refractivity contribution in [1.29, 1.82) is 0 Å². The molecule has 1 aromatic carbocycles. The van der Waals surface area contributed by atoms with Crippen molar-refractivity contribution < 1.29 is 9.47 Å². The van der Waals surface area contributed by atoms with Gasteiger partial charge in [-0.05, 0) is 31.0 Å². The topological polar surface area (TPSA) is 61.5 Å². The Morgan fingerprint density at radius 2 is 2.05 bits per heavy atom. The molecule has 0 spiro atoms. The van der Waals surface area contributed by atoms with Crippen LogP contribution in [0.15, 0.2) is 18.2 Å². The molecule has 1 aliphatic carbocycles. The normalized spacial score (nSPS) is 17.0. The van der Waals surface area contributed by atoms with Crippen LogP contribution in [0.5, 0.6) is 11.5 Å². The van der Waals surface area contributed by atoms with Crippen LogP contribution in [0.1, 0.15) is 23.8 Å². The molecule has 0 atom stereocenters. The van der Waals surface area contributed by atoms with E-state index < -0.39 is 0 Å². The third-order valence-corrected chi connectivity index (χ3v) is 4.63. The highest BCUT2D eigenvalue weighted by atomic mass is 32.1. The number of nitrogens with zero attached hydrogens (tertiary/aromatic N) is 4. The molecule has 0 radical (unpaired) electrons. The van der Waals surface area contributed by atoms with Crippen molar-refractivity contribution in [2.45, 2.75) is 18.8 Å². The minimum absolute atomic E-state index is 0.274. The molecule has 1 aliphatic heterocycles. The van der Waals surface area contributed by atoms with E-state index in [1.807, 2.05) is 22.7 Å². The lowest BCUT2D eigenvalue weighted by Gasteiger charge is -1.99. The van der Waals surface area contributed by atoms with Gasteiger partial charge in [-0.15, -0.1) is 10.2 Å². The first-order valence-electron chi connectivity index (χ1n) is 6.51. The Labute approximate surface area is 118 Å². The number of rotatable bonds is 2. The van der Waals surface area contributed by atoms with Crippen LogP contribution >= 0.6 is 11.3 Å². The van der Waals surface area contributed by atoms with Crippen LogP contribution in [-0.4, -0.2) is 26.6 Å². The van der Waals surface area contributed by atoms with E-state index in [1.165, 1.54) is 12.8 Å². The maximum absolute atomic E-state index is 5.41. The van der Waals surface area contributed by atoms with Crippen molar-refractivity contribution in [1.82, 2.24) is 19.8 Å². The lowest BCUT2D eigenvalue weighted by Crippen LogP contribution is -1.93. The summed E-state index contributed by atoms with van der Waals surface area (Å²) in [6.07, 6.45) is 2.48. The van der Waals surface area contributed by atoms with E-state index in [0.29, 0.717) is 5.92 Å². The van der Waals surface area contributed by atoms with Gasteiger partial charge in [-0.25, -0.2) is 0 Å². The Hall–Kier alpha value is -2.15. The smallest absolute Gasteiger partial charge is 0.234 e. The van der Waals surface area contributed by atoms with Gasteiger partial charge in [0.2, 0.25) is 11.8 Å². The van der Waals surface area contributed by atoms with Gasteiger partial charge in [0.25, 0.3) is 0 Å². The zero-order valence-electron chi connectivity index (χ0n) is 10.4. The summed E-state index contributed by atoms with van der Waals surface area (Å²) in [5, 5.41) is 14.3. The van der Waals surface area contributed by atoms with Gasteiger partial charge < -0.3 is 9.47 Å². The summed E-state index contributed by atoms with van der Waals surface area (Å²) in [5.74, 6) is 2.90. The molecule has 20 heavy (non-hydrogen) atoms. The molecule has 3 heterocycles. The van der Waals surface area contributed by atoms with Crippen molar-refractivity contribution in [3.05, 3.63) is 23.2 Å². The molecule has 6 nitrogen and oxygen atoms in total. The van der Waals surface area contributed by atoms with E-state index in [1.54, 1.807) is 11.3 Å². The SMILES string of the molecule is c1cc2c(cc1-c1nnc3sc(C4CC4)nn13)OCO2. The zero-order valence-corrected chi connectivity index (χ0v) is 11.3. The van der Waals surface area contributed by atoms with Crippen molar-refractivity contribution in [3.8, 4) is 22.9 Å². The third-order valence-electron chi connectivity index (χ3n) is 3.56. The van der Waals surface area contributed by atoms with E-state index in [0.717, 1.165) is 32.9 Å². The number of benzene rings is 1. The molecule has 2 aliphatic rings. The highest BCUT2D eigenvalue weighted by molar-refractivity contribution is 7.16. The minimum atomic E-state index is 0.274. The van der Waals surface area contributed by atoms with Crippen LogP contribution in [-0.2, 0) is 0 Å². The zero-order chi connectivity index (χ0) is 13.1. The highest BCUT2D eigenvalue weighted by Gasteiger charge is 2.28. The summed E-state index contributed by atoms with van der Waals surface area (Å²) in [7, 11) is 0. The fraction of sp³-hybridized carbons (Fsp3) is 0.308. The van der Waals surface area contributed by atoms with E-state index in [2.05, 4.69) is 15.3 Å². The Kier molecular flexibility index (Phi) is 1.96. The molecule has 1 fully saturated rings. The lowest BCUT2D eigenvalue weighted by atomic mass is 10.2. The van der Waals surface area contributed by atoms with Gasteiger partial charge in [0.15, 0.2) is 17.3 Å². The number of aromatic nitrogens is 4. The molecule has 2 aromatic heterocycles. The van der Waals surface area contributed by atoms with E-state index in [9.17, 15) is 0 Å². The maximum atomic E-state index is 5.41. The van der Waals surface area contributed by atoms with Crippen LogP contribution in [0.2, 0.25) is 0 Å². The molecule has 0 N–H and O–H groups in total. The van der Waals surface area contributed by atoms with Gasteiger partial charge in [-0.1, -0.05) is 11.3 Å². The summed E-state index contributed by atoms with van der Waals surface area (Å²) < 4.78 is 12.6. The number of ether oxygens (including phenoxy) is 2. The largest absolute Gasteiger partial charge is 0.454 e. The lowest BCUT2D eigenvalue weighted by molar-refractivity contribution is 0.174. The van der Waals surface area contributed by atoms with Crippen molar-refractivity contribution >= 4 is 16.3 Å². The number of fused-ring (bicyclic) bond motifs is 2. The standard InChI is InChI=1S/C13H10N4O2S/c1-2-7(1)12-16-17-11(14-15-13(17)20-12)8-3-4-9-10(5-8)19-6-18-9/h3-5,7H,1-2,6H2. The van der Waals surface area contributed by atoms with Crippen LogP contribution < -0.4 is 9.47 Å². The summed E-state index contributed by atoms with van der Waals surface area (Å²) in [6.45, 7) is 0.274. The Bertz CT molecular complexity index is 821. The van der Waals surface area contributed by atoms with E-state index in [4.69, 9.17) is 9.47 Å². The molecule has 3 aromatic rings. The summed E-state index contributed by atoms with van der Waals surface area (Å²) in [5.41, 5.74) is 0.939. The average Bonchev–Trinajstić information content (AvgIpc) is 2.91. The summed E-state index contributed by atoms with van der Waals surface area (Å²) in [4.78, 5) is 0.847. The van der Waals surface area contributed by atoms with Crippen molar-refractivity contribution in [2.75, 3.05) is 6.79 Å². The van der Waals surface area contributed by atoms with Gasteiger partial charge in [-0.3, -0.25) is 0 Å². The fourth-order valence-electron chi connectivity index (χ4n) is 2.34. The quantitative estimate of drug-likeness (QED) is 0.724. The minimum Gasteiger partial charge on any atom is -0.454 e. The van der Waals surface area contributed by atoms with Crippen LogP contribution in [0, 0.1) is 0 Å². The van der Waals surface area contributed by atoms with Gasteiger partial charge >= 0.3 is 0 Å². The van der Waals surface area contributed by atoms with E-state index >= 15 is 0 Å². The Morgan fingerprint density at radius 1 is 1.15 bits per heavy atom. The van der Waals surface area contributed by atoms with Crippen molar-refractivity contribution in [3.63, 3.8) is 0 Å². The Morgan fingerprint density at radius 3 is 2.95 bits per heavy atom.